The molecule has 0 aliphatic carbocycles. The molecule has 3 atom stereocenters. The molecule has 3 N–H and O–H groups in total. The molecule has 42 heavy (non-hydrogen) atoms. The van der Waals surface area contributed by atoms with Crippen molar-refractivity contribution in [3.05, 3.63) is 35.7 Å². The highest BCUT2D eigenvalue weighted by atomic mass is 32.2. The van der Waals surface area contributed by atoms with Crippen LogP contribution in [0.1, 0.15) is 63.8 Å². The number of anilines is 3. The van der Waals surface area contributed by atoms with Crippen molar-refractivity contribution in [2.75, 3.05) is 29.5 Å². The summed E-state index contributed by atoms with van der Waals surface area (Å²) in [5.41, 5.74) is 2.47. The SMILES string of the molecule is Cc1cc(Nc2cc3nc(CN4CCC(F)(F)CC4)ccc3c(NC3C[C@H]4CC[C@@H](C3)N4S(=O)(=O)CC(C)C)n2)n[nH]1. The van der Waals surface area contributed by atoms with Gasteiger partial charge in [0, 0.05) is 73.8 Å². The highest BCUT2D eigenvalue weighted by molar-refractivity contribution is 7.89. The number of rotatable bonds is 9. The van der Waals surface area contributed by atoms with Crippen molar-refractivity contribution < 1.29 is 17.2 Å². The third-order valence-corrected chi connectivity index (χ3v) is 10.9. The maximum atomic E-state index is 13.7. The number of aryl methyl sites for hydroxylation is 1. The molecule has 0 radical (unpaired) electrons. The lowest BCUT2D eigenvalue weighted by Crippen LogP contribution is -2.50. The molecule has 3 aliphatic rings. The van der Waals surface area contributed by atoms with Gasteiger partial charge in [0.15, 0.2) is 5.82 Å². The predicted octanol–water partition coefficient (Wildman–Crippen LogP) is 5.03. The third-order valence-electron chi connectivity index (χ3n) is 8.55. The minimum atomic E-state index is -3.30. The van der Waals surface area contributed by atoms with E-state index in [0.29, 0.717) is 37.1 Å². The number of hydrogen-bond acceptors (Lipinski definition) is 8. The Morgan fingerprint density at radius 2 is 1.79 bits per heavy atom. The largest absolute Gasteiger partial charge is 0.367 e. The highest BCUT2D eigenvalue weighted by Crippen LogP contribution is 2.40. The molecule has 10 nitrogen and oxygen atoms in total. The van der Waals surface area contributed by atoms with Gasteiger partial charge in [0.05, 0.1) is 17.0 Å². The van der Waals surface area contributed by atoms with Crippen LogP contribution in [0.5, 0.6) is 0 Å². The van der Waals surface area contributed by atoms with Crippen LogP contribution in [0.3, 0.4) is 0 Å². The van der Waals surface area contributed by atoms with E-state index in [1.54, 1.807) is 4.31 Å². The van der Waals surface area contributed by atoms with Crippen molar-refractivity contribution in [1.82, 2.24) is 29.4 Å². The van der Waals surface area contributed by atoms with Crippen LogP contribution >= 0.6 is 0 Å². The van der Waals surface area contributed by atoms with Gasteiger partial charge in [-0.2, -0.15) is 9.40 Å². The molecule has 3 saturated heterocycles. The molecule has 0 spiro atoms. The van der Waals surface area contributed by atoms with Gasteiger partial charge in [-0.25, -0.2) is 22.2 Å². The minimum Gasteiger partial charge on any atom is -0.367 e. The summed E-state index contributed by atoms with van der Waals surface area (Å²) < 4.78 is 55.4. The number of nitrogens with zero attached hydrogens (tertiary/aromatic N) is 5. The van der Waals surface area contributed by atoms with E-state index in [2.05, 4.69) is 20.8 Å². The fourth-order valence-corrected chi connectivity index (χ4v) is 9.03. The molecule has 6 rings (SSSR count). The first-order valence-electron chi connectivity index (χ1n) is 14.9. The number of fused-ring (bicyclic) bond motifs is 3. The van der Waals surface area contributed by atoms with Crippen LogP contribution < -0.4 is 10.6 Å². The number of sulfonamides is 1. The van der Waals surface area contributed by atoms with Gasteiger partial charge in [0.1, 0.15) is 11.6 Å². The Kier molecular flexibility index (Phi) is 7.86. The summed E-state index contributed by atoms with van der Waals surface area (Å²) >= 11 is 0. The van der Waals surface area contributed by atoms with Crippen molar-refractivity contribution in [3.8, 4) is 0 Å². The fourth-order valence-electron chi connectivity index (χ4n) is 6.72. The molecule has 3 aromatic heterocycles. The van der Waals surface area contributed by atoms with Gasteiger partial charge in [-0.3, -0.25) is 15.0 Å². The van der Waals surface area contributed by atoms with Gasteiger partial charge >= 0.3 is 0 Å². The number of aromatic nitrogens is 4. The van der Waals surface area contributed by atoms with E-state index in [0.717, 1.165) is 48.0 Å². The summed E-state index contributed by atoms with van der Waals surface area (Å²) in [6.45, 7) is 7.00. The third kappa shape index (κ3) is 6.37. The Bertz CT molecular complexity index is 1520. The lowest BCUT2D eigenvalue weighted by Gasteiger charge is -2.38. The Hall–Kier alpha value is -2.90. The number of alkyl halides is 2. The first-order chi connectivity index (χ1) is 19.9. The van der Waals surface area contributed by atoms with Crippen LogP contribution in [0.2, 0.25) is 0 Å². The molecule has 0 amide bonds. The van der Waals surface area contributed by atoms with E-state index in [9.17, 15) is 17.2 Å². The van der Waals surface area contributed by atoms with Gasteiger partial charge < -0.3 is 10.6 Å². The molecule has 3 fully saturated rings. The van der Waals surface area contributed by atoms with Crippen molar-refractivity contribution in [1.29, 1.82) is 0 Å². The first kappa shape index (κ1) is 29.2. The number of hydrogen-bond donors (Lipinski definition) is 3. The van der Waals surface area contributed by atoms with E-state index < -0.39 is 15.9 Å². The van der Waals surface area contributed by atoms with Crippen molar-refractivity contribution in [3.63, 3.8) is 0 Å². The van der Waals surface area contributed by atoms with Crippen LogP contribution in [0, 0.1) is 12.8 Å². The Morgan fingerprint density at radius 1 is 1.07 bits per heavy atom. The lowest BCUT2D eigenvalue weighted by atomic mass is 9.99. The fraction of sp³-hybridized carbons (Fsp3) is 0.621. The molecular weight excluding hydrogens is 562 g/mol. The number of nitrogens with one attached hydrogen (secondary N) is 3. The van der Waals surface area contributed by atoms with Gasteiger partial charge in [0.25, 0.3) is 5.92 Å². The molecule has 0 saturated carbocycles. The van der Waals surface area contributed by atoms with Crippen LogP contribution in [0.15, 0.2) is 24.3 Å². The standard InChI is InChI=1S/C29H40F2N8O2S/c1-18(2)17-42(40,41)39-22-5-6-23(39)14-21(13-22)33-28-24-7-4-20(16-38-10-8-29(30,31)9-11-38)32-25(24)15-26(35-28)34-27-12-19(3)36-37-27/h4,7,12,15,18,21-23H,5-6,8-11,13-14,16-17H2,1-3H3,(H3,33,34,35,36,37)/t21?,22-,23+. The van der Waals surface area contributed by atoms with Gasteiger partial charge in [-0.05, 0) is 50.7 Å². The molecule has 1 unspecified atom stereocenters. The van der Waals surface area contributed by atoms with E-state index in [4.69, 9.17) is 9.97 Å². The number of halogens is 2. The van der Waals surface area contributed by atoms with Crippen LogP contribution in [-0.2, 0) is 16.6 Å². The van der Waals surface area contributed by atoms with E-state index >= 15 is 0 Å². The summed E-state index contributed by atoms with van der Waals surface area (Å²) in [7, 11) is -3.30. The number of aromatic amines is 1. The summed E-state index contributed by atoms with van der Waals surface area (Å²) in [4.78, 5) is 11.8. The molecule has 3 aliphatic heterocycles. The molecule has 3 aromatic rings. The molecule has 6 heterocycles. The second-order valence-corrected chi connectivity index (χ2v) is 14.5. The zero-order valence-electron chi connectivity index (χ0n) is 24.4. The number of piperidine rings is 2. The van der Waals surface area contributed by atoms with Crippen molar-refractivity contribution in [2.24, 2.45) is 5.92 Å². The molecular formula is C29H40F2N8O2S. The van der Waals surface area contributed by atoms with E-state index in [1.165, 1.54) is 0 Å². The summed E-state index contributed by atoms with van der Waals surface area (Å²) in [5, 5.41) is 15.0. The zero-order chi connectivity index (χ0) is 29.6. The van der Waals surface area contributed by atoms with Crippen molar-refractivity contribution in [2.45, 2.75) is 89.9 Å². The maximum absolute atomic E-state index is 13.7. The van der Waals surface area contributed by atoms with Gasteiger partial charge in [-0.1, -0.05) is 13.8 Å². The van der Waals surface area contributed by atoms with Gasteiger partial charge in [0.2, 0.25) is 10.0 Å². The predicted molar refractivity (Wildman–Crippen MR) is 160 cm³/mol. The quantitative estimate of drug-likeness (QED) is 0.312. The topological polar surface area (TPSA) is 119 Å². The number of likely N-dealkylation sites (tertiary alicyclic amines) is 1. The zero-order valence-corrected chi connectivity index (χ0v) is 25.2. The second kappa shape index (κ2) is 11.3. The monoisotopic (exact) mass is 602 g/mol. The lowest BCUT2D eigenvalue weighted by molar-refractivity contribution is -0.0568. The first-order valence-corrected chi connectivity index (χ1v) is 16.5. The van der Waals surface area contributed by atoms with Crippen LogP contribution in [-0.4, -0.2) is 80.7 Å². The second-order valence-electron chi connectivity index (χ2n) is 12.6. The van der Waals surface area contributed by atoms with E-state index in [-0.39, 0.29) is 42.6 Å². The molecule has 0 aromatic carbocycles. The highest BCUT2D eigenvalue weighted by Gasteiger charge is 2.46. The van der Waals surface area contributed by atoms with Crippen molar-refractivity contribution >= 4 is 38.4 Å². The van der Waals surface area contributed by atoms with Crippen LogP contribution in [0.4, 0.5) is 26.2 Å². The number of H-pyrrole nitrogens is 1. The Morgan fingerprint density at radius 3 is 2.43 bits per heavy atom. The minimum absolute atomic E-state index is 0.00810. The summed E-state index contributed by atoms with van der Waals surface area (Å²) in [5.74, 6) is -0.419. The smallest absolute Gasteiger partial charge is 0.250 e. The summed E-state index contributed by atoms with van der Waals surface area (Å²) in [6.07, 6.45) is 2.94. The number of pyridine rings is 2. The molecule has 2 bridgehead atoms. The molecule has 228 valence electrons. The molecule has 13 heteroatoms. The maximum Gasteiger partial charge on any atom is 0.250 e. The Balaban J connectivity index is 1.25. The van der Waals surface area contributed by atoms with Crippen LogP contribution in [0.25, 0.3) is 10.9 Å². The van der Waals surface area contributed by atoms with Gasteiger partial charge in [-0.15, -0.1) is 0 Å². The Labute approximate surface area is 245 Å². The average Bonchev–Trinajstić information content (AvgIpc) is 3.44. The summed E-state index contributed by atoms with van der Waals surface area (Å²) in [6, 6.07) is 7.75. The normalized spacial score (nSPS) is 24.9. The van der Waals surface area contributed by atoms with E-state index in [1.807, 2.05) is 49.9 Å². The average molecular weight is 603 g/mol.